The van der Waals surface area contributed by atoms with Crippen LogP contribution in [0.15, 0.2) is 42.5 Å². The highest BCUT2D eigenvalue weighted by Gasteiger charge is 2.28. The van der Waals surface area contributed by atoms with Gasteiger partial charge in [-0.2, -0.15) is 0 Å². The number of hydrogen-bond acceptors (Lipinski definition) is 4. The number of nitrogens with zero attached hydrogens (tertiary/aromatic N) is 1. The molecule has 0 saturated carbocycles. The molecule has 1 heterocycles. The highest BCUT2D eigenvalue weighted by Crippen LogP contribution is 2.33. The summed E-state index contributed by atoms with van der Waals surface area (Å²) in [7, 11) is 0. The highest BCUT2D eigenvalue weighted by molar-refractivity contribution is 6.06. The van der Waals surface area contributed by atoms with Crippen molar-refractivity contribution >= 4 is 29.0 Å². The number of carbonyl (C=O) groups is 3. The largest absolute Gasteiger partial charge is 0.482 e. The number of amides is 2. The molecule has 26 heavy (non-hydrogen) atoms. The molecule has 0 atom stereocenters. The minimum absolute atomic E-state index is 0.0324. The summed E-state index contributed by atoms with van der Waals surface area (Å²) in [6, 6.07) is 12.4. The Morgan fingerprint density at radius 2 is 2.00 bits per heavy atom. The van der Waals surface area contributed by atoms with Crippen molar-refractivity contribution in [1.29, 1.82) is 0 Å². The van der Waals surface area contributed by atoms with Crippen LogP contribution in [0.5, 0.6) is 5.75 Å². The number of hydrogen-bond donors (Lipinski definition) is 1. The number of carbonyl (C=O) groups excluding carboxylic acids is 3. The van der Waals surface area contributed by atoms with Crippen molar-refractivity contribution in [1.82, 2.24) is 0 Å². The van der Waals surface area contributed by atoms with Gasteiger partial charge in [-0.05, 0) is 42.8 Å². The fourth-order valence-corrected chi connectivity index (χ4v) is 2.82. The maximum atomic E-state index is 12.4. The van der Waals surface area contributed by atoms with E-state index in [1.54, 1.807) is 31.2 Å². The molecule has 134 valence electrons. The quantitative estimate of drug-likeness (QED) is 0.840. The second-order valence-corrected chi connectivity index (χ2v) is 6.15. The molecule has 0 aliphatic carbocycles. The molecule has 2 aromatic carbocycles. The summed E-state index contributed by atoms with van der Waals surface area (Å²) in [5.74, 6) is -0.183. The van der Waals surface area contributed by atoms with E-state index in [2.05, 4.69) is 5.32 Å². The molecule has 0 aromatic heterocycles. The van der Waals surface area contributed by atoms with E-state index >= 15 is 0 Å². The van der Waals surface area contributed by atoms with Gasteiger partial charge >= 0.3 is 0 Å². The molecule has 0 saturated heterocycles. The summed E-state index contributed by atoms with van der Waals surface area (Å²) in [6.45, 7) is 3.43. The molecule has 2 amide bonds. The number of Topliss-reactive ketones (excluding diaryl/α,β-unsaturated/α-hetero) is 1. The SMILES string of the molecule is CCC(=O)c1ccc2c(c1)N(CC(=O)Nc1cccc(C)c1)C(=O)CO2. The molecule has 0 spiro atoms. The van der Waals surface area contributed by atoms with Gasteiger partial charge in [0, 0.05) is 17.7 Å². The first kappa shape index (κ1) is 17.7. The van der Waals surface area contributed by atoms with E-state index in [1.165, 1.54) is 4.90 Å². The number of aryl methyl sites for hydroxylation is 1. The minimum atomic E-state index is -0.321. The maximum absolute atomic E-state index is 12.4. The third-order valence-electron chi connectivity index (χ3n) is 4.15. The Labute approximate surface area is 151 Å². The fraction of sp³-hybridized carbons (Fsp3) is 0.250. The predicted molar refractivity (Wildman–Crippen MR) is 98.7 cm³/mol. The second kappa shape index (κ2) is 7.39. The van der Waals surface area contributed by atoms with Gasteiger partial charge in [-0.15, -0.1) is 0 Å². The van der Waals surface area contributed by atoms with Gasteiger partial charge in [0.05, 0.1) is 5.69 Å². The molecular weight excluding hydrogens is 332 g/mol. The predicted octanol–water partition coefficient (Wildman–Crippen LogP) is 2.95. The third-order valence-corrected chi connectivity index (χ3v) is 4.15. The summed E-state index contributed by atoms with van der Waals surface area (Å²) in [6.07, 6.45) is 0.363. The molecule has 3 rings (SSSR count). The summed E-state index contributed by atoms with van der Waals surface area (Å²) in [4.78, 5) is 38.0. The zero-order valence-electron chi connectivity index (χ0n) is 14.7. The molecular formula is C20H20N2O4. The van der Waals surface area contributed by atoms with Gasteiger partial charge in [0.1, 0.15) is 12.3 Å². The maximum Gasteiger partial charge on any atom is 0.265 e. The molecule has 1 aliphatic heterocycles. The summed E-state index contributed by atoms with van der Waals surface area (Å²) >= 11 is 0. The number of ether oxygens (including phenoxy) is 1. The molecule has 6 heteroatoms. The van der Waals surface area contributed by atoms with E-state index in [-0.39, 0.29) is 30.7 Å². The number of benzene rings is 2. The lowest BCUT2D eigenvalue weighted by Gasteiger charge is -2.29. The molecule has 6 nitrogen and oxygen atoms in total. The monoisotopic (exact) mass is 352 g/mol. The van der Waals surface area contributed by atoms with Crippen LogP contribution in [-0.4, -0.2) is 30.7 Å². The van der Waals surface area contributed by atoms with Crippen LogP contribution in [-0.2, 0) is 9.59 Å². The van der Waals surface area contributed by atoms with Gasteiger partial charge in [-0.1, -0.05) is 19.1 Å². The second-order valence-electron chi connectivity index (χ2n) is 6.15. The number of rotatable bonds is 5. The summed E-state index contributed by atoms with van der Waals surface area (Å²) in [5, 5.41) is 2.79. The van der Waals surface area contributed by atoms with Crippen LogP contribution in [0.25, 0.3) is 0 Å². The number of fused-ring (bicyclic) bond motifs is 1. The lowest BCUT2D eigenvalue weighted by atomic mass is 10.1. The van der Waals surface area contributed by atoms with Crippen LogP contribution >= 0.6 is 0 Å². The Morgan fingerprint density at radius 1 is 1.19 bits per heavy atom. The number of ketones is 1. The Morgan fingerprint density at radius 3 is 2.73 bits per heavy atom. The Kier molecular flexibility index (Phi) is 5.02. The summed E-state index contributed by atoms with van der Waals surface area (Å²) in [5.41, 5.74) is 2.64. The molecule has 0 radical (unpaired) electrons. The standard InChI is InChI=1S/C20H20N2O4/c1-3-17(23)14-7-8-18-16(10-14)22(20(25)12-26-18)11-19(24)21-15-6-4-5-13(2)9-15/h4-10H,3,11-12H2,1-2H3,(H,21,24). The van der Waals surface area contributed by atoms with Gasteiger partial charge in [0.2, 0.25) is 5.91 Å². The first-order valence-electron chi connectivity index (χ1n) is 8.45. The molecule has 1 aliphatic rings. The normalized spacial score (nSPS) is 13.0. The van der Waals surface area contributed by atoms with Crippen molar-refractivity contribution in [3.8, 4) is 5.75 Å². The lowest BCUT2D eigenvalue weighted by molar-refractivity contribution is -0.123. The molecule has 0 fully saturated rings. The van der Waals surface area contributed by atoms with E-state index in [4.69, 9.17) is 4.74 Å². The van der Waals surface area contributed by atoms with E-state index in [1.807, 2.05) is 25.1 Å². The first-order valence-corrected chi connectivity index (χ1v) is 8.45. The van der Waals surface area contributed by atoms with Crippen molar-refractivity contribution in [3.05, 3.63) is 53.6 Å². The number of anilines is 2. The summed E-state index contributed by atoms with van der Waals surface area (Å²) < 4.78 is 5.42. The van der Waals surface area contributed by atoms with Crippen molar-refractivity contribution in [2.75, 3.05) is 23.4 Å². The van der Waals surface area contributed by atoms with E-state index < -0.39 is 0 Å². The Bertz CT molecular complexity index is 876. The van der Waals surface area contributed by atoms with E-state index in [0.29, 0.717) is 29.1 Å². The van der Waals surface area contributed by atoms with Crippen LogP contribution in [0.4, 0.5) is 11.4 Å². The van der Waals surface area contributed by atoms with Gasteiger partial charge in [-0.3, -0.25) is 19.3 Å². The number of nitrogens with one attached hydrogen (secondary N) is 1. The Balaban J connectivity index is 1.82. The lowest BCUT2D eigenvalue weighted by Crippen LogP contribution is -2.43. The average Bonchev–Trinajstić information content (AvgIpc) is 2.63. The van der Waals surface area contributed by atoms with Crippen LogP contribution in [0.2, 0.25) is 0 Å². The zero-order valence-corrected chi connectivity index (χ0v) is 14.7. The molecule has 2 aromatic rings. The van der Waals surface area contributed by atoms with Crippen LogP contribution < -0.4 is 15.0 Å². The van der Waals surface area contributed by atoms with Crippen molar-refractivity contribution in [2.24, 2.45) is 0 Å². The highest BCUT2D eigenvalue weighted by atomic mass is 16.5. The van der Waals surface area contributed by atoms with Gasteiger partial charge in [-0.25, -0.2) is 0 Å². The fourth-order valence-electron chi connectivity index (χ4n) is 2.82. The molecule has 1 N–H and O–H groups in total. The van der Waals surface area contributed by atoms with E-state index in [9.17, 15) is 14.4 Å². The average molecular weight is 352 g/mol. The first-order chi connectivity index (χ1) is 12.5. The van der Waals surface area contributed by atoms with Crippen molar-refractivity contribution in [2.45, 2.75) is 20.3 Å². The van der Waals surface area contributed by atoms with Crippen molar-refractivity contribution < 1.29 is 19.1 Å². The topological polar surface area (TPSA) is 75.7 Å². The van der Waals surface area contributed by atoms with E-state index in [0.717, 1.165) is 5.56 Å². The molecule has 0 unspecified atom stereocenters. The zero-order chi connectivity index (χ0) is 18.7. The third kappa shape index (κ3) is 3.74. The van der Waals surface area contributed by atoms with Crippen LogP contribution in [0.1, 0.15) is 29.3 Å². The minimum Gasteiger partial charge on any atom is -0.482 e. The molecule has 0 bridgehead atoms. The van der Waals surface area contributed by atoms with Crippen LogP contribution in [0, 0.1) is 6.92 Å². The van der Waals surface area contributed by atoms with Gasteiger partial charge in [0.15, 0.2) is 12.4 Å². The Hall–Kier alpha value is -3.15. The van der Waals surface area contributed by atoms with Gasteiger partial charge in [0.25, 0.3) is 5.91 Å². The van der Waals surface area contributed by atoms with Gasteiger partial charge < -0.3 is 10.1 Å². The van der Waals surface area contributed by atoms with Crippen LogP contribution in [0.3, 0.4) is 0 Å². The smallest absolute Gasteiger partial charge is 0.265 e. The van der Waals surface area contributed by atoms with Crippen molar-refractivity contribution in [3.63, 3.8) is 0 Å².